The summed E-state index contributed by atoms with van der Waals surface area (Å²) in [6.07, 6.45) is 9.87. The SMILES string of the molecule is Cc1ncc(NC(=O)CN2CCC3(CC3)C2)cc1NC(=O)c1cnc2[nH]c(C3=CCOCC3)cc2c1. The first kappa shape index (κ1) is 22.9. The Kier molecular flexibility index (Phi) is 5.81. The maximum atomic E-state index is 13.0. The van der Waals surface area contributed by atoms with E-state index in [0.717, 1.165) is 36.2 Å². The number of ether oxygens (including phenoxy) is 1. The summed E-state index contributed by atoms with van der Waals surface area (Å²) in [4.78, 5) is 40.0. The van der Waals surface area contributed by atoms with Crippen molar-refractivity contribution in [1.29, 1.82) is 0 Å². The number of hydrogen-bond donors (Lipinski definition) is 3. The third kappa shape index (κ3) is 4.76. The van der Waals surface area contributed by atoms with E-state index in [1.165, 1.54) is 24.8 Å². The maximum Gasteiger partial charge on any atom is 0.257 e. The molecule has 3 aromatic rings. The first-order chi connectivity index (χ1) is 17.5. The third-order valence-corrected chi connectivity index (χ3v) is 7.50. The first-order valence-electron chi connectivity index (χ1n) is 12.5. The molecule has 9 heteroatoms. The summed E-state index contributed by atoms with van der Waals surface area (Å²) in [6, 6.07) is 5.60. The van der Waals surface area contributed by atoms with E-state index in [4.69, 9.17) is 4.74 Å². The number of pyridine rings is 2. The number of rotatable bonds is 6. The lowest BCUT2D eigenvalue weighted by molar-refractivity contribution is -0.117. The smallest absolute Gasteiger partial charge is 0.257 e. The Bertz CT molecular complexity index is 1370. The van der Waals surface area contributed by atoms with E-state index in [-0.39, 0.29) is 11.8 Å². The predicted octanol–water partition coefficient (Wildman–Crippen LogP) is 3.75. The number of carbonyl (C=O) groups excluding carboxylic acids is 2. The Hall–Kier alpha value is -3.56. The van der Waals surface area contributed by atoms with Gasteiger partial charge in [-0.05, 0) is 68.3 Å². The molecule has 2 aliphatic heterocycles. The summed E-state index contributed by atoms with van der Waals surface area (Å²) in [5.41, 5.74) is 5.66. The van der Waals surface area contributed by atoms with Crippen molar-refractivity contribution >= 4 is 39.8 Å². The van der Waals surface area contributed by atoms with Crippen LogP contribution in [0.5, 0.6) is 0 Å². The zero-order valence-electron chi connectivity index (χ0n) is 20.4. The molecule has 0 aromatic carbocycles. The van der Waals surface area contributed by atoms with Gasteiger partial charge in [0.1, 0.15) is 5.65 Å². The summed E-state index contributed by atoms with van der Waals surface area (Å²) in [7, 11) is 0. The van der Waals surface area contributed by atoms with E-state index in [2.05, 4.69) is 36.6 Å². The number of amides is 2. The van der Waals surface area contributed by atoms with Crippen LogP contribution in [-0.4, -0.2) is 64.5 Å². The molecule has 2 fully saturated rings. The largest absolute Gasteiger partial charge is 0.377 e. The van der Waals surface area contributed by atoms with Crippen molar-refractivity contribution < 1.29 is 14.3 Å². The van der Waals surface area contributed by atoms with Crippen LogP contribution >= 0.6 is 0 Å². The monoisotopic (exact) mass is 486 g/mol. The zero-order chi connectivity index (χ0) is 24.7. The summed E-state index contributed by atoms with van der Waals surface area (Å²) in [5, 5.41) is 6.73. The van der Waals surface area contributed by atoms with Gasteiger partial charge < -0.3 is 20.4 Å². The van der Waals surface area contributed by atoms with Gasteiger partial charge in [0.15, 0.2) is 0 Å². The second-order valence-corrected chi connectivity index (χ2v) is 10.2. The van der Waals surface area contributed by atoms with Crippen LogP contribution in [0.3, 0.4) is 0 Å². The van der Waals surface area contributed by atoms with Crippen LogP contribution in [0.4, 0.5) is 11.4 Å². The Labute approximate surface area is 209 Å². The highest BCUT2D eigenvalue weighted by Crippen LogP contribution is 2.52. The van der Waals surface area contributed by atoms with Crippen molar-refractivity contribution in [3.05, 3.63) is 53.6 Å². The minimum Gasteiger partial charge on any atom is -0.377 e. The van der Waals surface area contributed by atoms with Gasteiger partial charge in [0, 0.05) is 23.8 Å². The Morgan fingerprint density at radius 2 is 2.03 bits per heavy atom. The molecule has 1 saturated carbocycles. The van der Waals surface area contributed by atoms with E-state index in [9.17, 15) is 9.59 Å². The third-order valence-electron chi connectivity index (χ3n) is 7.50. The molecule has 9 nitrogen and oxygen atoms in total. The number of likely N-dealkylation sites (tertiary alicyclic amines) is 1. The molecule has 0 atom stereocenters. The quantitative estimate of drug-likeness (QED) is 0.489. The van der Waals surface area contributed by atoms with E-state index < -0.39 is 0 Å². The maximum absolute atomic E-state index is 13.0. The van der Waals surface area contributed by atoms with Gasteiger partial charge in [0.25, 0.3) is 5.91 Å². The molecule has 36 heavy (non-hydrogen) atoms. The number of carbonyl (C=O) groups is 2. The molecule has 3 aliphatic rings. The fraction of sp³-hybridized carbons (Fsp3) is 0.407. The molecule has 0 bridgehead atoms. The lowest BCUT2D eigenvalue weighted by Crippen LogP contribution is -2.31. The van der Waals surface area contributed by atoms with Crippen LogP contribution in [0, 0.1) is 12.3 Å². The van der Waals surface area contributed by atoms with Crippen molar-refractivity contribution in [2.75, 3.05) is 43.5 Å². The van der Waals surface area contributed by atoms with Gasteiger partial charge in [0.05, 0.1) is 48.6 Å². The number of nitrogens with one attached hydrogen (secondary N) is 3. The molecular weight excluding hydrogens is 456 g/mol. The van der Waals surface area contributed by atoms with Gasteiger partial charge in [-0.1, -0.05) is 6.08 Å². The van der Waals surface area contributed by atoms with Gasteiger partial charge >= 0.3 is 0 Å². The van der Waals surface area contributed by atoms with Crippen molar-refractivity contribution in [3.63, 3.8) is 0 Å². The van der Waals surface area contributed by atoms with E-state index >= 15 is 0 Å². The lowest BCUT2D eigenvalue weighted by atomic mass is 10.1. The molecule has 6 rings (SSSR count). The molecule has 2 amide bonds. The van der Waals surface area contributed by atoms with Crippen molar-refractivity contribution in [2.45, 2.75) is 32.6 Å². The minimum absolute atomic E-state index is 0.0619. The molecule has 186 valence electrons. The van der Waals surface area contributed by atoms with E-state index in [0.29, 0.717) is 47.8 Å². The summed E-state index contributed by atoms with van der Waals surface area (Å²) >= 11 is 0. The highest BCUT2D eigenvalue weighted by Gasteiger charge is 2.47. The van der Waals surface area contributed by atoms with Gasteiger partial charge in [0.2, 0.25) is 5.91 Å². The van der Waals surface area contributed by atoms with Gasteiger partial charge in [-0.3, -0.25) is 19.5 Å². The second-order valence-electron chi connectivity index (χ2n) is 10.2. The van der Waals surface area contributed by atoms with Gasteiger partial charge in [-0.2, -0.15) is 0 Å². The van der Waals surface area contributed by atoms with E-state index in [1.54, 1.807) is 18.5 Å². The lowest BCUT2D eigenvalue weighted by Gasteiger charge is -2.16. The van der Waals surface area contributed by atoms with Gasteiger partial charge in [-0.15, -0.1) is 0 Å². The van der Waals surface area contributed by atoms with Crippen LogP contribution in [0.25, 0.3) is 16.6 Å². The fourth-order valence-electron chi connectivity index (χ4n) is 5.16. The number of H-pyrrole nitrogens is 1. The van der Waals surface area contributed by atoms with E-state index in [1.807, 2.05) is 19.1 Å². The number of anilines is 2. The fourth-order valence-corrected chi connectivity index (χ4v) is 5.16. The molecule has 1 aliphatic carbocycles. The molecule has 0 radical (unpaired) electrons. The number of nitrogens with zero attached hydrogens (tertiary/aromatic N) is 3. The average Bonchev–Trinajstić information content (AvgIpc) is 3.31. The van der Waals surface area contributed by atoms with Crippen LogP contribution in [0.2, 0.25) is 0 Å². The molecular formula is C27H30N6O3. The van der Waals surface area contributed by atoms with Crippen molar-refractivity contribution in [1.82, 2.24) is 19.9 Å². The summed E-state index contributed by atoms with van der Waals surface area (Å²) in [6.45, 7) is 5.51. The van der Waals surface area contributed by atoms with Crippen LogP contribution in [0.1, 0.15) is 47.4 Å². The predicted molar refractivity (Wildman–Crippen MR) is 138 cm³/mol. The van der Waals surface area contributed by atoms with Gasteiger partial charge in [-0.25, -0.2) is 4.98 Å². The van der Waals surface area contributed by atoms with Crippen LogP contribution in [0.15, 0.2) is 36.7 Å². The number of fused-ring (bicyclic) bond motifs is 1. The van der Waals surface area contributed by atoms with Crippen LogP contribution in [-0.2, 0) is 9.53 Å². The second kappa shape index (κ2) is 9.15. The zero-order valence-corrected chi connectivity index (χ0v) is 20.4. The Morgan fingerprint density at radius 3 is 2.81 bits per heavy atom. The topological polar surface area (TPSA) is 112 Å². The Balaban J connectivity index is 1.12. The molecule has 3 aromatic heterocycles. The normalized spacial score (nSPS) is 18.9. The standard InChI is InChI=1S/C27H30N6O3/c1-17-22(12-21(14-28-17)30-24(34)15-33-7-6-27(16-33)4-5-27)32-26(35)20-10-19-11-23(31-25(19)29-13-20)18-2-8-36-9-3-18/h2,10-14H,3-9,15-16H2,1H3,(H,29,31)(H,30,34)(H,32,35). The molecule has 0 unspecified atom stereocenters. The van der Waals surface area contributed by atoms with Crippen molar-refractivity contribution in [3.8, 4) is 0 Å². The number of aryl methyl sites for hydroxylation is 1. The minimum atomic E-state index is -0.280. The number of aromatic amines is 1. The molecule has 5 heterocycles. The summed E-state index contributed by atoms with van der Waals surface area (Å²) in [5.74, 6) is -0.342. The average molecular weight is 487 g/mol. The highest BCUT2D eigenvalue weighted by molar-refractivity contribution is 6.06. The molecule has 3 N–H and O–H groups in total. The summed E-state index contributed by atoms with van der Waals surface area (Å²) < 4.78 is 5.39. The number of aromatic nitrogens is 3. The van der Waals surface area contributed by atoms with Crippen LogP contribution < -0.4 is 10.6 Å². The number of hydrogen-bond acceptors (Lipinski definition) is 6. The Morgan fingerprint density at radius 1 is 1.14 bits per heavy atom. The highest BCUT2D eigenvalue weighted by atomic mass is 16.5. The van der Waals surface area contributed by atoms with Crippen molar-refractivity contribution in [2.24, 2.45) is 5.41 Å². The molecule has 1 spiro atoms. The first-order valence-corrected chi connectivity index (χ1v) is 12.5. The molecule has 1 saturated heterocycles.